The van der Waals surface area contributed by atoms with E-state index in [0.717, 1.165) is 11.3 Å². The summed E-state index contributed by atoms with van der Waals surface area (Å²) < 4.78 is 0. The van der Waals surface area contributed by atoms with Gasteiger partial charge in [0.05, 0.1) is 23.7 Å². The zero-order chi connectivity index (χ0) is 17.2. The van der Waals surface area contributed by atoms with Crippen LogP contribution in [0.4, 0.5) is 5.69 Å². The highest BCUT2D eigenvalue weighted by molar-refractivity contribution is 5.79. The number of nitro groups is 1. The lowest BCUT2D eigenvalue weighted by molar-refractivity contribution is -0.384. The zero-order valence-electron chi connectivity index (χ0n) is 13.2. The Morgan fingerprint density at radius 2 is 2.04 bits per heavy atom. The maximum Gasteiger partial charge on any atom is 0.269 e. The van der Waals surface area contributed by atoms with Gasteiger partial charge in [0, 0.05) is 24.9 Å². The molecule has 1 heterocycles. The molecule has 0 saturated heterocycles. The molecule has 0 fully saturated rings. The van der Waals surface area contributed by atoms with Crippen molar-refractivity contribution in [2.45, 2.75) is 13.1 Å². The van der Waals surface area contributed by atoms with Crippen molar-refractivity contribution in [1.29, 1.82) is 0 Å². The van der Waals surface area contributed by atoms with Crippen LogP contribution < -0.4 is 10.6 Å². The van der Waals surface area contributed by atoms with Gasteiger partial charge in [0.1, 0.15) is 0 Å². The minimum atomic E-state index is -0.418. The van der Waals surface area contributed by atoms with Crippen LogP contribution in [0.3, 0.4) is 0 Å². The number of nitrogens with one attached hydrogen (secondary N) is 2. The zero-order valence-corrected chi connectivity index (χ0v) is 13.2. The summed E-state index contributed by atoms with van der Waals surface area (Å²) in [6.45, 7) is 5.21. The summed E-state index contributed by atoms with van der Waals surface area (Å²) in [7, 11) is 0. The smallest absolute Gasteiger partial charge is 0.269 e. The van der Waals surface area contributed by atoms with E-state index in [0.29, 0.717) is 25.6 Å². The topological polar surface area (TPSA) is 92.5 Å². The van der Waals surface area contributed by atoms with Gasteiger partial charge in [-0.2, -0.15) is 0 Å². The minimum Gasteiger partial charge on any atom is -0.353 e. The summed E-state index contributed by atoms with van der Waals surface area (Å²) in [5.41, 5.74) is 1.86. The number of hydrogen-bond acceptors (Lipinski definition) is 4. The Kier molecular flexibility index (Phi) is 6.46. The molecule has 24 heavy (non-hydrogen) atoms. The van der Waals surface area contributed by atoms with Crippen molar-refractivity contribution in [3.8, 4) is 0 Å². The molecular weight excluding hydrogens is 306 g/mol. The van der Waals surface area contributed by atoms with Crippen LogP contribution in [0.1, 0.15) is 11.3 Å². The van der Waals surface area contributed by atoms with E-state index in [4.69, 9.17) is 0 Å². The molecule has 0 aliphatic carbocycles. The highest BCUT2D eigenvalue weighted by Crippen LogP contribution is 2.12. The van der Waals surface area contributed by atoms with Crippen molar-refractivity contribution in [3.63, 3.8) is 0 Å². The summed E-state index contributed by atoms with van der Waals surface area (Å²) in [5, 5.41) is 17.0. The van der Waals surface area contributed by atoms with E-state index in [2.05, 4.69) is 27.2 Å². The molecule has 1 aromatic carbocycles. The van der Waals surface area contributed by atoms with Gasteiger partial charge in [-0.05, 0) is 17.7 Å². The summed E-state index contributed by atoms with van der Waals surface area (Å²) >= 11 is 0. The number of rotatable bonds is 7. The fourth-order valence-corrected chi connectivity index (χ4v) is 1.91. The lowest BCUT2D eigenvalue weighted by Crippen LogP contribution is -2.37. The molecule has 7 heteroatoms. The molecule has 0 saturated carbocycles. The number of nitrogens with zero attached hydrogens (tertiary/aromatic N) is 3. The number of aromatic nitrogens is 1. The fraction of sp³-hybridized carbons (Fsp3) is 0.176. The van der Waals surface area contributed by atoms with E-state index >= 15 is 0 Å². The first-order valence-electron chi connectivity index (χ1n) is 7.45. The van der Waals surface area contributed by atoms with E-state index in [-0.39, 0.29) is 5.69 Å². The second kappa shape index (κ2) is 9.04. The lowest BCUT2D eigenvalue weighted by atomic mass is 10.2. The molecule has 0 atom stereocenters. The molecule has 0 radical (unpaired) electrons. The van der Waals surface area contributed by atoms with Crippen LogP contribution in [0, 0.1) is 10.1 Å². The second-order valence-corrected chi connectivity index (χ2v) is 4.93. The van der Waals surface area contributed by atoms with Gasteiger partial charge >= 0.3 is 0 Å². The Bertz CT molecular complexity index is 699. The highest BCUT2D eigenvalue weighted by Gasteiger charge is 2.04. The van der Waals surface area contributed by atoms with E-state index in [1.54, 1.807) is 24.4 Å². The first kappa shape index (κ1) is 17.1. The molecule has 0 spiro atoms. The summed E-state index contributed by atoms with van der Waals surface area (Å²) in [6, 6.07) is 12.1. The number of benzene rings is 1. The van der Waals surface area contributed by atoms with Gasteiger partial charge in [0.2, 0.25) is 0 Å². The fourth-order valence-electron chi connectivity index (χ4n) is 1.91. The Morgan fingerprint density at radius 3 is 2.67 bits per heavy atom. The standard InChI is InChI=1S/C17H19N5O2/c1-2-10-19-17(21-13-15-5-3-4-11-18-15)20-12-14-6-8-16(9-7-14)22(23)24/h2-9,11H,1,10,12-13H2,(H2,19,20,21). The van der Waals surface area contributed by atoms with Crippen molar-refractivity contribution in [1.82, 2.24) is 15.6 Å². The second-order valence-electron chi connectivity index (χ2n) is 4.93. The van der Waals surface area contributed by atoms with E-state index in [1.165, 1.54) is 12.1 Å². The summed E-state index contributed by atoms with van der Waals surface area (Å²) in [5.74, 6) is 0.624. The Balaban J connectivity index is 1.98. The van der Waals surface area contributed by atoms with E-state index in [1.807, 2.05) is 18.2 Å². The van der Waals surface area contributed by atoms with Crippen LogP contribution in [0.25, 0.3) is 0 Å². The predicted molar refractivity (Wildman–Crippen MR) is 93.5 cm³/mol. The predicted octanol–water partition coefficient (Wildman–Crippen LogP) is 2.41. The third-order valence-electron chi connectivity index (χ3n) is 3.14. The van der Waals surface area contributed by atoms with Gasteiger partial charge in [0.25, 0.3) is 5.69 Å². The number of non-ortho nitro benzene ring substituents is 1. The van der Waals surface area contributed by atoms with Crippen LogP contribution in [0.15, 0.2) is 66.3 Å². The van der Waals surface area contributed by atoms with Crippen molar-refractivity contribution in [2.75, 3.05) is 6.54 Å². The molecule has 0 unspecified atom stereocenters. The molecule has 2 N–H and O–H groups in total. The SMILES string of the molecule is C=CCNC(=NCc1ccc([N+](=O)[O-])cc1)NCc1ccccn1. The van der Waals surface area contributed by atoms with Crippen LogP contribution in [0.5, 0.6) is 0 Å². The van der Waals surface area contributed by atoms with Crippen molar-refractivity contribution in [3.05, 3.63) is 82.7 Å². The van der Waals surface area contributed by atoms with Crippen LogP contribution in [0.2, 0.25) is 0 Å². The molecule has 0 aliphatic rings. The maximum absolute atomic E-state index is 10.7. The Labute approximate surface area is 140 Å². The van der Waals surface area contributed by atoms with Crippen molar-refractivity contribution in [2.24, 2.45) is 4.99 Å². The van der Waals surface area contributed by atoms with E-state index in [9.17, 15) is 10.1 Å². The van der Waals surface area contributed by atoms with Gasteiger partial charge < -0.3 is 10.6 Å². The van der Waals surface area contributed by atoms with Crippen molar-refractivity contribution >= 4 is 11.6 Å². The highest BCUT2D eigenvalue weighted by atomic mass is 16.6. The summed E-state index contributed by atoms with van der Waals surface area (Å²) in [6.07, 6.45) is 3.48. The van der Waals surface area contributed by atoms with Gasteiger partial charge in [-0.3, -0.25) is 15.1 Å². The van der Waals surface area contributed by atoms with Crippen LogP contribution in [-0.4, -0.2) is 22.4 Å². The molecule has 0 bridgehead atoms. The third-order valence-corrected chi connectivity index (χ3v) is 3.14. The molecule has 7 nitrogen and oxygen atoms in total. The quantitative estimate of drug-likeness (QED) is 0.268. The van der Waals surface area contributed by atoms with Gasteiger partial charge in [-0.1, -0.05) is 24.3 Å². The molecule has 0 amide bonds. The van der Waals surface area contributed by atoms with Crippen molar-refractivity contribution < 1.29 is 4.92 Å². The maximum atomic E-state index is 10.7. The van der Waals surface area contributed by atoms with Gasteiger partial charge in [-0.15, -0.1) is 6.58 Å². The number of guanidine groups is 1. The lowest BCUT2D eigenvalue weighted by Gasteiger charge is -2.11. The largest absolute Gasteiger partial charge is 0.353 e. The Hall–Kier alpha value is -3.22. The first-order valence-corrected chi connectivity index (χ1v) is 7.45. The number of aliphatic imine (C=N–C) groups is 1. The minimum absolute atomic E-state index is 0.0704. The third kappa shape index (κ3) is 5.53. The average Bonchev–Trinajstić information content (AvgIpc) is 2.62. The average molecular weight is 325 g/mol. The van der Waals surface area contributed by atoms with Crippen LogP contribution >= 0.6 is 0 Å². The molecule has 0 aliphatic heterocycles. The molecule has 2 rings (SSSR count). The summed E-state index contributed by atoms with van der Waals surface area (Å²) in [4.78, 5) is 19.0. The number of hydrogen-bond donors (Lipinski definition) is 2. The van der Waals surface area contributed by atoms with Crippen LogP contribution in [-0.2, 0) is 13.1 Å². The number of pyridine rings is 1. The monoisotopic (exact) mass is 325 g/mol. The van der Waals surface area contributed by atoms with Gasteiger partial charge in [0.15, 0.2) is 5.96 Å². The van der Waals surface area contributed by atoms with E-state index < -0.39 is 4.92 Å². The number of nitro benzene ring substituents is 1. The molecule has 124 valence electrons. The molecule has 1 aromatic heterocycles. The Morgan fingerprint density at radius 1 is 1.25 bits per heavy atom. The first-order chi connectivity index (χ1) is 11.7. The molecule has 2 aromatic rings. The van der Waals surface area contributed by atoms with Gasteiger partial charge in [-0.25, -0.2) is 4.99 Å². The molecular formula is C17H19N5O2. The normalized spacial score (nSPS) is 10.9.